The molecule has 0 aromatic rings. The highest BCUT2D eigenvalue weighted by Crippen LogP contribution is 2.28. The Bertz CT molecular complexity index is 172. The Morgan fingerprint density at radius 3 is 1.14 bits per heavy atom. The molecule has 1 atom stereocenters. The second kappa shape index (κ2) is 16.3. The van der Waals surface area contributed by atoms with Crippen molar-refractivity contribution in [2.45, 2.75) is 114 Å². The normalized spacial score (nSPS) is 14.7. The quantitative estimate of drug-likeness (QED) is 0.588. The molecule has 1 heteroatoms. The largest absolute Gasteiger partial charge is 0.393 e. The summed E-state index contributed by atoms with van der Waals surface area (Å²) in [5.41, 5.74) is 0.0775. The average molecular weight is 303 g/mol. The Hall–Kier alpha value is -0.0400. The van der Waals surface area contributed by atoms with E-state index in [1.165, 1.54) is 32.1 Å². The van der Waals surface area contributed by atoms with Gasteiger partial charge < -0.3 is 5.11 Å². The molecule has 0 aromatic carbocycles. The van der Waals surface area contributed by atoms with Gasteiger partial charge in [-0.15, -0.1) is 0 Å². The van der Waals surface area contributed by atoms with Gasteiger partial charge in [-0.1, -0.05) is 94.4 Å². The van der Waals surface area contributed by atoms with Gasteiger partial charge in [0.1, 0.15) is 0 Å². The first kappa shape index (κ1) is 25.9. The van der Waals surface area contributed by atoms with Gasteiger partial charge in [0.15, 0.2) is 0 Å². The lowest BCUT2D eigenvalue weighted by molar-refractivity contribution is 0.0504. The molecular weight excluding hydrogens is 256 g/mol. The lowest BCUT2D eigenvalue weighted by Crippen LogP contribution is -2.27. The third-order valence-electron chi connectivity index (χ3n) is 3.88. The number of aliphatic hydroxyl groups is 1. The Morgan fingerprint density at radius 1 is 0.810 bits per heavy atom. The monoisotopic (exact) mass is 302 g/mol. The van der Waals surface area contributed by atoms with Gasteiger partial charge in [0.25, 0.3) is 0 Å². The van der Waals surface area contributed by atoms with Gasteiger partial charge in [-0.2, -0.15) is 0 Å². The van der Waals surface area contributed by atoms with Crippen LogP contribution in [0.15, 0.2) is 0 Å². The van der Waals surface area contributed by atoms with E-state index in [0.29, 0.717) is 5.92 Å². The second-order valence-electron chi connectivity index (χ2n) is 7.48. The summed E-state index contributed by atoms with van der Waals surface area (Å²) >= 11 is 0. The molecule has 1 rings (SSSR count). The fourth-order valence-electron chi connectivity index (χ4n) is 1.47. The maximum absolute atomic E-state index is 9.33. The summed E-state index contributed by atoms with van der Waals surface area (Å²) in [5.74, 6) is 1.56. The molecule has 1 fully saturated rings. The smallest absolute Gasteiger partial charge is 0.0563 e. The molecule has 1 aliphatic rings. The Kier molecular flexibility index (Phi) is 20.1. The first-order valence-electron chi connectivity index (χ1n) is 9.31. The number of hydrogen-bond donors (Lipinski definition) is 1. The van der Waals surface area contributed by atoms with E-state index in [0.717, 1.165) is 12.3 Å². The molecule has 0 amide bonds. The summed E-state index contributed by atoms with van der Waals surface area (Å²) < 4.78 is 0. The molecule has 0 heterocycles. The van der Waals surface area contributed by atoms with E-state index in [4.69, 9.17) is 0 Å². The van der Waals surface area contributed by atoms with E-state index in [1.54, 1.807) is 0 Å². The van der Waals surface area contributed by atoms with Crippen LogP contribution in [0.2, 0.25) is 0 Å². The highest BCUT2D eigenvalue weighted by atomic mass is 16.3. The number of hydrogen-bond acceptors (Lipinski definition) is 1. The predicted molar refractivity (Wildman–Crippen MR) is 99.9 cm³/mol. The zero-order chi connectivity index (χ0) is 17.5. The molecule has 0 aliphatic heterocycles. The summed E-state index contributed by atoms with van der Waals surface area (Å²) in [7, 11) is 0. The van der Waals surface area contributed by atoms with Crippen LogP contribution in [0.1, 0.15) is 108 Å². The maximum Gasteiger partial charge on any atom is 0.0563 e. The SMILES string of the molecule is C1CCC1.CC.CC(C)CC(C)(C)C(C)O.CCC(C)C. The maximum atomic E-state index is 9.33. The molecule has 1 N–H and O–H groups in total. The van der Waals surface area contributed by atoms with Gasteiger partial charge in [-0.25, -0.2) is 0 Å². The summed E-state index contributed by atoms with van der Waals surface area (Å²) in [4.78, 5) is 0. The van der Waals surface area contributed by atoms with E-state index >= 15 is 0 Å². The van der Waals surface area contributed by atoms with Gasteiger partial charge in [-0.3, -0.25) is 0 Å². The number of aliphatic hydroxyl groups excluding tert-OH is 1. The fraction of sp³-hybridized carbons (Fsp3) is 1.00. The van der Waals surface area contributed by atoms with Crippen molar-refractivity contribution in [2.75, 3.05) is 0 Å². The number of rotatable bonds is 4. The van der Waals surface area contributed by atoms with Crippen LogP contribution in [0.5, 0.6) is 0 Å². The highest BCUT2D eigenvalue weighted by Gasteiger charge is 2.24. The standard InChI is InChI=1S/C9H20O.C5H12.C4H8.C2H6/c1-7(2)6-9(4,5)8(3)10;1-4-5(2)3;1-2-4-3-1;1-2/h7-8,10H,6H2,1-5H3;5H,4H2,1-3H3;1-4H2;1-2H3. The zero-order valence-corrected chi connectivity index (χ0v) is 16.9. The minimum absolute atomic E-state index is 0.0775. The van der Waals surface area contributed by atoms with Crippen molar-refractivity contribution < 1.29 is 5.11 Å². The minimum Gasteiger partial charge on any atom is -0.393 e. The Balaban J connectivity index is -0.000000244. The first-order valence-corrected chi connectivity index (χ1v) is 9.31. The molecule has 0 bridgehead atoms. The topological polar surface area (TPSA) is 20.2 Å². The third-order valence-corrected chi connectivity index (χ3v) is 3.88. The predicted octanol–water partition coefficient (Wildman–Crippen LogP) is 7.08. The van der Waals surface area contributed by atoms with Gasteiger partial charge >= 0.3 is 0 Å². The van der Waals surface area contributed by atoms with Crippen molar-refractivity contribution in [3.63, 3.8) is 0 Å². The van der Waals surface area contributed by atoms with Crippen LogP contribution in [0.4, 0.5) is 0 Å². The summed E-state index contributed by atoms with van der Waals surface area (Å²) in [6, 6.07) is 0. The van der Waals surface area contributed by atoms with E-state index in [1.807, 2.05) is 20.8 Å². The molecule has 1 unspecified atom stereocenters. The van der Waals surface area contributed by atoms with Crippen molar-refractivity contribution in [1.29, 1.82) is 0 Å². The van der Waals surface area contributed by atoms with Crippen molar-refractivity contribution in [3.05, 3.63) is 0 Å². The van der Waals surface area contributed by atoms with Gasteiger partial charge in [-0.05, 0) is 30.6 Å². The molecule has 21 heavy (non-hydrogen) atoms. The molecule has 1 aliphatic carbocycles. The molecular formula is C20H46O. The molecule has 0 radical (unpaired) electrons. The summed E-state index contributed by atoms with van der Waals surface area (Å²) in [5, 5.41) is 9.33. The van der Waals surface area contributed by atoms with Crippen LogP contribution in [0.3, 0.4) is 0 Å². The fourth-order valence-corrected chi connectivity index (χ4v) is 1.47. The lowest BCUT2D eigenvalue weighted by atomic mass is 9.80. The van der Waals surface area contributed by atoms with Crippen molar-refractivity contribution in [2.24, 2.45) is 17.3 Å². The van der Waals surface area contributed by atoms with E-state index in [2.05, 4.69) is 48.5 Å². The van der Waals surface area contributed by atoms with E-state index in [-0.39, 0.29) is 11.5 Å². The minimum atomic E-state index is -0.199. The molecule has 0 spiro atoms. The van der Waals surface area contributed by atoms with Crippen LogP contribution < -0.4 is 0 Å². The van der Waals surface area contributed by atoms with Crippen LogP contribution in [0.25, 0.3) is 0 Å². The zero-order valence-electron chi connectivity index (χ0n) is 16.9. The highest BCUT2D eigenvalue weighted by molar-refractivity contribution is 4.75. The van der Waals surface area contributed by atoms with Crippen molar-refractivity contribution in [3.8, 4) is 0 Å². The van der Waals surface area contributed by atoms with E-state index in [9.17, 15) is 5.11 Å². The van der Waals surface area contributed by atoms with Crippen LogP contribution >= 0.6 is 0 Å². The summed E-state index contributed by atoms with van der Waals surface area (Å²) in [6.07, 6.45) is 8.19. The average Bonchev–Trinajstić information content (AvgIpc) is 2.28. The lowest BCUT2D eigenvalue weighted by Gasteiger charge is -2.29. The van der Waals surface area contributed by atoms with Gasteiger partial charge in [0.05, 0.1) is 6.10 Å². The molecule has 132 valence electrons. The van der Waals surface area contributed by atoms with Crippen molar-refractivity contribution in [1.82, 2.24) is 0 Å². The van der Waals surface area contributed by atoms with E-state index < -0.39 is 0 Å². The van der Waals surface area contributed by atoms with Gasteiger partial charge in [0.2, 0.25) is 0 Å². The Labute approximate surface area is 136 Å². The molecule has 1 saturated carbocycles. The summed E-state index contributed by atoms with van der Waals surface area (Å²) in [6.45, 7) is 21.1. The van der Waals surface area contributed by atoms with Gasteiger partial charge in [0, 0.05) is 0 Å². The molecule has 0 saturated heterocycles. The molecule has 0 aromatic heterocycles. The second-order valence-corrected chi connectivity index (χ2v) is 7.48. The van der Waals surface area contributed by atoms with Crippen LogP contribution in [-0.4, -0.2) is 11.2 Å². The third kappa shape index (κ3) is 22.4. The molecule has 1 nitrogen and oxygen atoms in total. The van der Waals surface area contributed by atoms with Crippen LogP contribution in [0, 0.1) is 17.3 Å². The van der Waals surface area contributed by atoms with Crippen LogP contribution in [-0.2, 0) is 0 Å². The Morgan fingerprint density at radius 2 is 1.10 bits per heavy atom. The van der Waals surface area contributed by atoms with Crippen molar-refractivity contribution >= 4 is 0 Å². The first-order chi connectivity index (χ1) is 9.63.